The van der Waals surface area contributed by atoms with Gasteiger partial charge in [0.1, 0.15) is 5.69 Å². The molecule has 3 aliphatic rings. The first-order chi connectivity index (χ1) is 12.9. The van der Waals surface area contributed by atoms with Crippen molar-refractivity contribution >= 4 is 17.1 Å². The van der Waals surface area contributed by atoms with Gasteiger partial charge in [0.15, 0.2) is 12.2 Å². The van der Waals surface area contributed by atoms with Gasteiger partial charge in [-0.05, 0) is 63.6 Å². The lowest BCUT2D eigenvalue weighted by atomic mass is 9.88. The Morgan fingerprint density at radius 1 is 1.26 bits per heavy atom. The highest BCUT2D eigenvalue weighted by Gasteiger charge is 2.40. The summed E-state index contributed by atoms with van der Waals surface area (Å²) >= 11 is 0. The molecule has 0 spiro atoms. The Bertz CT molecular complexity index is 919. The van der Waals surface area contributed by atoms with Crippen LogP contribution >= 0.6 is 0 Å². The van der Waals surface area contributed by atoms with Gasteiger partial charge in [-0.1, -0.05) is 6.58 Å². The molecule has 142 valence electrons. The second-order valence-corrected chi connectivity index (χ2v) is 8.94. The summed E-state index contributed by atoms with van der Waals surface area (Å²) in [4.78, 5) is 9.33. The maximum atomic E-state index is 6.39. The number of benzene rings is 1. The van der Waals surface area contributed by atoms with Crippen molar-refractivity contribution in [1.82, 2.24) is 4.98 Å². The first-order valence-electron chi connectivity index (χ1n) is 9.96. The Morgan fingerprint density at radius 3 is 2.70 bits per heavy atom. The third-order valence-electron chi connectivity index (χ3n) is 6.51. The normalized spacial score (nSPS) is 22.2. The first kappa shape index (κ1) is 16.9. The highest BCUT2D eigenvalue weighted by atomic mass is 16.3. The van der Waals surface area contributed by atoms with E-state index in [0.717, 1.165) is 42.2 Å². The van der Waals surface area contributed by atoms with Crippen molar-refractivity contribution in [2.24, 2.45) is 11.7 Å². The lowest BCUT2D eigenvalue weighted by Crippen LogP contribution is -2.42. The zero-order valence-electron chi connectivity index (χ0n) is 16.5. The van der Waals surface area contributed by atoms with Crippen LogP contribution in [-0.4, -0.2) is 29.7 Å². The molecule has 5 rings (SSSR count). The predicted molar refractivity (Wildman–Crippen MR) is 110 cm³/mol. The Hall–Kier alpha value is -2.27. The first-order valence-corrected chi connectivity index (χ1v) is 9.96. The standard InChI is InChI=1S/C22H28N4O/c1-13-18(25-10-9-15(11-25)22(3,4)23)8-7-17-20(13)26(16-5-6-16)14(2)19-21(17)27-12-24-19/h7-8,12,15-16H,2,5-6,9-11,23H2,1,3-4H3. The van der Waals surface area contributed by atoms with Gasteiger partial charge in [-0.15, -0.1) is 0 Å². The van der Waals surface area contributed by atoms with Gasteiger partial charge < -0.3 is 20.0 Å². The van der Waals surface area contributed by atoms with E-state index in [1.165, 1.54) is 36.2 Å². The van der Waals surface area contributed by atoms with E-state index in [-0.39, 0.29) is 5.54 Å². The number of anilines is 2. The molecule has 2 aliphatic heterocycles. The molecular weight excluding hydrogens is 336 g/mol. The van der Waals surface area contributed by atoms with Crippen LogP contribution in [0.2, 0.25) is 0 Å². The van der Waals surface area contributed by atoms with E-state index in [1.54, 1.807) is 0 Å². The molecule has 1 aromatic heterocycles. The van der Waals surface area contributed by atoms with Gasteiger partial charge in [0, 0.05) is 35.9 Å². The Morgan fingerprint density at radius 2 is 2.04 bits per heavy atom. The molecule has 3 heterocycles. The quantitative estimate of drug-likeness (QED) is 0.886. The summed E-state index contributed by atoms with van der Waals surface area (Å²) in [5.41, 5.74) is 13.1. The van der Waals surface area contributed by atoms with E-state index < -0.39 is 0 Å². The molecule has 27 heavy (non-hydrogen) atoms. The Kier molecular flexibility index (Phi) is 3.51. The van der Waals surface area contributed by atoms with Crippen molar-refractivity contribution in [3.63, 3.8) is 0 Å². The van der Waals surface area contributed by atoms with E-state index in [9.17, 15) is 0 Å². The van der Waals surface area contributed by atoms with Crippen molar-refractivity contribution in [2.45, 2.75) is 51.6 Å². The second-order valence-electron chi connectivity index (χ2n) is 8.94. The summed E-state index contributed by atoms with van der Waals surface area (Å²) in [6.07, 6.45) is 5.10. The van der Waals surface area contributed by atoms with Gasteiger partial charge in [0.05, 0.1) is 11.4 Å². The molecule has 1 unspecified atom stereocenters. The predicted octanol–water partition coefficient (Wildman–Crippen LogP) is 4.17. The molecular formula is C22H28N4O. The van der Waals surface area contributed by atoms with Crippen LogP contribution in [0, 0.1) is 12.8 Å². The van der Waals surface area contributed by atoms with Gasteiger partial charge in [0.2, 0.25) is 0 Å². The van der Waals surface area contributed by atoms with Crippen molar-refractivity contribution in [2.75, 3.05) is 22.9 Å². The summed E-state index contributed by atoms with van der Waals surface area (Å²) in [5, 5.41) is 0. The van der Waals surface area contributed by atoms with Crippen molar-refractivity contribution < 1.29 is 4.42 Å². The lowest BCUT2D eigenvalue weighted by molar-refractivity contribution is 0.348. The molecule has 1 aliphatic carbocycles. The fraction of sp³-hybridized carbons (Fsp3) is 0.500. The summed E-state index contributed by atoms with van der Waals surface area (Å²) < 4.78 is 5.75. The molecule has 0 bridgehead atoms. The number of hydrogen-bond donors (Lipinski definition) is 1. The fourth-order valence-corrected chi connectivity index (χ4v) is 4.74. The smallest absolute Gasteiger partial charge is 0.182 e. The molecule has 1 aromatic carbocycles. The molecule has 2 fully saturated rings. The van der Waals surface area contributed by atoms with Gasteiger partial charge in [-0.2, -0.15) is 0 Å². The van der Waals surface area contributed by atoms with Crippen molar-refractivity contribution in [3.05, 3.63) is 36.4 Å². The van der Waals surface area contributed by atoms with Crippen molar-refractivity contribution in [1.29, 1.82) is 0 Å². The fourth-order valence-electron chi connectivity index (χ4n) is 4.74. The highest BCUT2D eigenvalue weighted by molar-refractivity contribution is 5.98. The zero-order chi connectivity index (χ0) is 18.9. The van der Waals surface area contributed by atoms with Gasteiger partial charge in [-0.25, -0.2) is 4.98 Å². The molecule has 1 atom stereocenters. The summed E-state index contributed by atoms with van der Waals surface area (Å²) in [6, 6.07) is 4.97. The SMILES string of the molecule is C=C1c2ncoc2-c2ccc(N3CCC(C(C)(C)N)C3)c(C)c2N1C1CC1. The number of fused-ring (bicyclic) bond motifs is 3. The van der Waals surface area contributed by atoms with Gasteiger partial charge >= 0.3 is 0 Å². The minimum atomic E-state index is -0.139. The van der Waals surface area contributed by atoms with Crippen molar-refractivity contribution in [3.8, 4) is 11.3 Å². The summed E-state index contributed by atoms with van der Waals surface area (Å²) in [6.45, 7) is 13.0. The minimum absolute atomic E-state index is 0.139. The molecule has 5 heteroatoms. The number of hydrogen-bond acceptors (Lipinski definition) is 5. The van der Waals surface area contributed by atoms with Gasteiger partial charge in [-0.3, -0.25) is 0 Å². The number of nitrogens with zero attached hydrogens (tertiary/aromatic N) is 3. The van der Waals surface area contributed by atoms with E-state index >= 15 is 0 Å². The molecule has 0 amide bonds. The maximum Gasteiger partial charge on any atom is 0.182 e. The number of oxazole rings is 1. The van der Waals surface area contributed by atoms with E-state index in [4.69, 9.17) is 10.2 Å². The number of nitrogens with two attached hydrogens (primary N) is 1. The van der Waals surface area contributed by atoms with Crippen LogP contribution in [0.15, 0.2) is 29.5 Å². The zero-order valence-corrected chi connectivity index (χ0v) is 16.5. The number of aromatic nitrogens is 1. The van der Waals surface area contributed by atoms with E-state index in [1.807, 2.05) is 0 Å². The molecule has 1 saturated carbocycles. The minimum Gasteiger partial charge on any atom is -0.443 e. The van der Waals surface area contributed by atoms with E-state index in [2.05, 4.69) is 54.3 Å². The Balaban J connectivity index is 1.59. The monoisotopic (exact) mass is 364 g/mol. The molecule has 0 radical (unpaired) electrons. The largest absolute Gasteiger partial charge is 0.443 e. The number of rotatable bonds is 3. The van der Waals surface area contributed by atoms with Gasteiger partial charge in [0.25, 0.3) is 0 Å². The van der Waals surface area contributed by atoms with Crippen LogP contribution in [0.4, 0.5) is 11.4 Å². The van der Waals surface area contributed by atoms with Crippen LogP contribution in [0.5, 0.6) is 0 Å². The van der Waals surface area contributed by atoms with Crippen LogP contribution < -0.4 is 15.5 Å². The van der Waals surface area contributed by atoms with Crippen LogP contribution in [-0.2, 0) is 0 Å². The summed E-state index contributed by atoms with van der Waals surface area (Å²) in [7, 11) is 0. The third-order valence-corrected chi connectivity index (χ3v) is 6.51. The average Bonchev–Trinajstić information content (AvgIpc) is 3.11. The highest BCUT2D eigenvalue weighted by Crippen LogP contribution is 2.51. The van der Waals surface area contributed by atoms with Crippen LogP contribution in [0.3, 0.4) is 0 Å². The second kappa shape index (κ2) is 5.61. The third kappa shape index (κ3) is 2.52. The maximum absolute atomic E-state index is 6.39. The Labute approximate surface area is 160 Å². The van der Waals surface area contributed by atoms with Crippen LogP contribution in [0.25, 0.3) is 17.0 Å². The van der Waals surface area contributed by atoms with E-state index in [0.29, 0.717) is 12.0 Å². The molecule has 2 N–H and O–H groups in total. The lowest BCUT2D eigenvalue weighted by Gasteiger charge is -2.35. The topological polar surface area (TPSA) is 58.5 Å². The molecule has 2 aromatic rings. The average molecular weight is 364 g/mol. The molecule has 1 saturated heterocycles. The van der Waals surface area contributed by atoms with Crippen LogP contribution in [0.1, 0.15) is 44.4 Å². The summed E-state index contributed by atoms with van der Waals surface area (Å²) in [5.74, 6) is 1.37. The molecule has 5 nitrogen and oxygen atoms in total.